The number of hydrogen-bond acceptors (Lipinski definition) is 3. The Labute approximate surface area is 149 Å². The van der Waals surface area contributed by atoms with Gasteiger partial charge < -0.3 is 4.74 Å². The number of benzene rings is 1. The Hall–Kier alpha value is -1.35. The van der Waals surface area contributed by atoms with Crippen molar-refractivity contribution in [1.82, 2.24) is 0 Å². The van der Waals surface area contributed by atoms with E-state index in [2.05, 4.69) is 6.92 Å². The Morgan fingerprint density at radius 2 is 2.04 bits per heavy atom. The largest absolute Gasteiger partial charge is 0.470 e. The number of carbonyl (C=O) groups excluding carboxylic acids is 1. The number of aliphatic imine (C=N–C) groups is 1. The highest BCUT2D eigenvalue weighted by Crippen LogP contribution is 2.44. The van der Waals surface area contributed by atoms with E-state index in [9.17, 15) is 4.79 Å². The number of unbranched alkanes of at least 4 members (excludes halogenated alkanes) is 4. The topological polar surface area (TPSA) is 38.7 Å². The summed E-state index contributed by atoms with van der Waals surface area (Å²) in [5.41, 5.74) is 0.0197. The molecule has 130 valence electrons. The summed E-state index contributed by atoms with van der Waals surface area (Å²) in [5, 5.41) is 0.624. The van der Waals surface area contributed by atoms with Crippen LogP contribution in [0.15, 0.2) is 29.3 Å². The van der Waals surface area contributed by atoms with E-state index in [1.165, 1.54) is 25.7 Å². The number of Topliss-reactive ketones (excluding diaryl/α,β-unsaturated/α-hetero) is 1. The zero-order valence-electron chi connectivity index (χ0n) is 14.4. The fourth-order valence-corrected chi connectivity index (χ4v) is 4.10. The average molecular weight is 348 g/mol. The zero-order valence-corrected chi connectivity index (χ0v) is 15.1. The molecule has 24 heavy (non-hydrogen) atoms. The minimum absolute atomic E-state index is 0.0802. The van der Waals surface area contributed by atoms with E-state index in [1.807, 2.05) is 24.3 Å². The van der Waals surface area contributed by atoms with Crippen molar-refractivity contribution in [3.8, 4) is 0 Å². The second kappa shape index (κ2) is 7.69. The standard InChI is InChI=1S/C20H26ClNO2/c1-2-3-4-5-6-13-18-22-20(15-10-7-8-11-16(15)21)14-9-12-17(24-18)19(20)23/h7-8,10-11,17H,2-6,9,12-14H2,1H3/t17-,20-/m1/s1. The molecule has 1 aliphatic heterocycles. The van der Waals surface area contributed by atoms with Crippen molar-refractivity contribution in [3.63, 3.8) is 0 Å². The lowest BCUT2D eigenvalue weighted by Gasteiger charge is -2.41. The van der Waals surface area contributed by atoms with Gasteiger partial charge in [-0.2, -0.15) is 0 Å². The monoisotopic (exact) mass is 347 g/mol. The van der Waals surface area contributed by atoms with Gasteiger partial charge in [0.15, 0.2) is 17.5 Å². The van der Waals surface area contributed by atoms with Gasteiger partial charge in [-0.25, -0.2) is 4.99 Å². The quantitative estimate of drug-likeness (QED) is 0.615. The highest BCUT2D eigenvalue weighted by Gasteiger charge is 2.51. The molecule has 0 unspecified atom stereocenters. The number of nitrogens with zero attached hydrogens (tertiary/aromatic N) is 1. The maximum Gasteiger partial charge on any atom is 0.205 e. The third-order valence-corrected chi connectivity index (χ3v) is 5.44. The van der Waals surface area contributed by atoms with Gasteiger partial charge in [0.1, 0.15) is 0 Å². The molecule has 0 spiro atoms. The van der Waals surface area contributed by atoms with E-state index >= 15 is 0 Å². The van der Waals surface area contributed by atoms with Crippen LogP contribution in [0.2, 0.25) is 5.02 Å². The van der Waals surface area contributed by atoms with Gasteiger partial charge in [-0.3, -0.25) is 4.79 Å². The van der Waals surface area contributed by atoms with Crippen LogP contribution in [0.4, 0.5) is 0 Å². The molecule has 0 N–H and O–H groups in total. The van der Waals surface area contributed by atoms with E-state index in [4.69, 9.17) is 21.3 Å². The Morgan fingerprint density at radius 3 is 2.83 bits per heavy atom. The van der Waals surface area contributed by atoms with Gasteiger partial charge >= 0.3 is 0 Å². The molecule has 0 aromatic heterocycles. The Bertz CT molecular complexity index is 628. The number of ketones is 1. The van der Waals surface area contributed by atoms with Crippen molar-refractivity contribution < 1.29 is 9.53 Å². The van der Waals surface area contributed by atoms with Crippen LogP contribution in [-0.2, 0) is 15.1 Å². The lowest BCUT2D eigenvalue weighted by atomic mass is 9.74. The first kappa shape index (κ1) is 17.5. The van der Waals surface area contributed by atoms with Crippen LogP contribution in [0, 0.1) is 0 Å². The van der Waals surface area contributed by atoms with Crippen LogP contribution in [0.3, 0.4) is 0 Å². The molecule has 1 fully saturated rings. The van der Waals surface area contributed by atoms with E-state index in [0.29, 0.717) is 5.02 Å². The summed E-state index contributed by atoms with van der Waals surface area (Å²) in [7, 11) is 0. The summed E-state index contributed by atoms with van der Waals surface area (Å²) >= 11 is 6.41. The highest BCUT2D eigenvalue weighted by molar-refractivity contribution is 6.32. The molecule has 1 aromatic carbocycles. The first-order chi connectivity index (χ1) is 11.7. The molecule has 4 heteroatoms. The predicted molar refractivity (Wildman–Crippen MR) is 97.7 cm³/mol. The number of carbonyl (C=O) groups is 1. The second-order valence-electron chi connectivity index (χ2n) is 6.87. The lowest BCUT2D eigenvalue weighted by Crippen LogP contribution is -2.51. The Kier molecular flexibility index (Phi) is 5.60. The summed E-state index contributed by atoms with van der Waals surface area (Å²) in [6, 6.07) is 7.61. The first-order valence-corrected chi connectivity index (χ1v) is 9.60. The fraction of sp³-hybridized carbons (Fsp3) is 0.600. The molecule has 3 rings (SSSR count). The summed E-state index contributed by atoms with van der Waals surface area (Å²) in [4.78, 5) is 17.8. The van der Waals surface area contributed by atoms with E-state index in [-0.39, 0.29) is 11.9 Å². The molecule has 0 amide bonds. The van der Waals surface area contributed by atoms with Crippen LogP contribution in [0.25, 0.3) is 0 Å². The molecule has 0 radical (unpaired) electrons. The van der Waals surface area contributed by atoms with Crippen molar-refractivity contribution in [2.75, 3.05) is 0 Å². The van der Waals surface area contributed by atoms with Gasteiger partial charge in [0, 0.05) is 17.0 Å². The number of fused-ring (bicyclic) bond motifs is 2. The summed E-state index contributed by atoms with van der Waals surface area (Å²) in [6.07, 6.45) is 8.96. The smallest absolute Gasteiger partial charge is 0.205 e. The van der Waals surface area contributed by atoms with Gasteiger partial charge in [-0.15, -0.1) is 0 Å². The maximum atomic E-state index is 13.0. The van der Waals surface area contributed by atoms with Crippen molar-refractivity contribution >= 4 is 23.3 Å². The fourth-order valence-electron chi connectivity index (χ4n) is 3.81. The van der Waals surface area contributed by atoms with Crippen molar-refractivity contribution in [1.29, 1.82) is 0 Å². The minimum Gasteiger partial charge on any atom is -0.470 e. The molecule has 3 nitrogen and oxygen atoms in total. The van der Waals surface area contributed by atoms with Crippen LogP contribution in [0.5, 0.6) is 0 Å². The second-order valence-corrected chi connectivity index (χ2v) is 7.28. The van der Waals surface area contributed by atoms with Crippen LogP contribution < -0.4 is 0 Å². The van der Waals surface area contributed by atoms with Crippen LogP contribution in [0.1, 0.15) is 70.3 Å². The van der Waals surface area contributed by atoms with Gasteiger partial charge in [0.05, 0.1) is 0 Å². The predicted octanol–water partition coefficient (Wildman–Crippen LogP) is 5.45. The maximum absolute atomic E-state index is 13.0. The van der Waals surface area contributed by atoms with Gasteiger partial charge in [0.2, 0.25) is 5.78 Å². The lowest BCUT2D eigenvalue weighted by molar-refractivity contribution is -0.137. The summed E-state index contributed by atoms with van der Waals surface area (Å²) in [6.45, 7) is 2.22. The summed E-state index contributed by atoms with van der Waals surface area (Å²) in [5.74, 6) is 0.826. The molecule has 1 saturated carbocycles. The Morgan fingerprint density at radius 1 is 1.25 bits per heavy atom. The molecule has 2 aliphatic rings. The molecule has 1 aliphatic carbocycles. The molecule has 1 heterocycles. The highest BCUT2D eigenvalue weighted by atomic mass is 35.5. The van der Waals surface area contributed by atoms with Gasteiger partial charge in [-0.05, 0) is 31.7 Å². The van der Waals surface area contributed by atoms with Crippen molar-refractivity contribution in [3.05, 3.63) is 34.9 Å². The third kappa shape index (κ3) is 3.37. The SMILES string of the molecule is CCCCCCCC1=N[C@@]2(c3ccccc3Cl)CCC[C@@H](O1)C2=O. The molecule has 0 saturated heterocycles. The first-order valence-electron chi connectivity index (χ1n) is 9.22. The van der Waals surface area contributed by atoms with Gasteiger partial charge in [0.25, 0.3) is 0 Å². The average Bonchev–Trinajstić information content (AvgIpc) is 2.56. The molecular weight excluding hydrogens is 322 g/mol. The minimum atomic E-state index is -0.821. The van der Waals surface area contributed by atoms with Gasteiger partial charge in [-0.1, -0.05) is 62.4 Å². The normalized spacial score (nSPS) is 26.0. The molecule has 1 aromatic rings. The van der Waals surface area contributed by atoms with Crippen LogP contribution in [-0.4, -0.2) is 17.8 Å². The van der Waals surface area contributed by atoms with Crippen molar-refractivity contribution in [2.45, 2.75) is 76.4 Å². The van der Waals surface area contributed by atoms with Crippen molar-refractivity contribution in [2.24, 2.45) is 4.99 Å². The molecule has 2 bridgehead atoms. The molecular formula is C20H26ClNO2. The Balaban J connectivity index is 1.83. The van der Waals surface area contributed by atoms with E-state index in [1.54, 1.807) is 0 Å². The molecule has 2 atom stereocenters. The number of halogens is 1. The number of hydrogen-bond donors (Lipinski definition) is 0. The number of rotatable bonds is 7. The van der Waals surface area contributed by atoms with E-state index in [0.717, 1.165) is 43.6 Å². The van der Waals surface area contributed by atoms with E-state index < -0.39 is 5.54 Å². The third-order valence-electron chi connectivity index (χ3n) is 5.11. The number of ether oxygens (including phenoxy) is 1. The van der Waals surface area contributed by atoms with Crippen LogP contribution >= 0.6 is 11.6 Å². The zero-order chi connectivity index (χ0) is 17.0. The summed E-state index contributed by atoms with van der Waals surface area (Å²) < 4.78 is 5.92.